The number of aromatic nitrogens is 3. The quantitative estimate of drug-likeness (QED) is 0.802. The number of benzene rings is 1. The number of aryl methyl sites for hydroxylation is 2. The zero-order valence-corrected chi connectivity index (χ0v) is 12.0. The predicted octanol–water partition coefficient (Wildman–Crippen LogP) is 1.73. The van der Waals surface area contributed by atoms with Crippen molar-refractivity contribution in [1.29, 1.82) is 0 Å². The Hall–Kier alpha value is -2.50. The Bertz CT molecular complexity index is 720. The van der Waals surface area contributed by atoms with Crippen LogP contribution in [0, 0.1) is 6.92 Å². The summed E-state index contributed by atoms with van der Waals surface area (Å²) in [5, 5.41) is 4.15. The molecule has 1 aromatic carbocycles. The molecular formula is C15H16N4O2. The summed E-state index contributed by atoms with van der Waals surface area (Å²) in [5.41, 5.74) is 2.08. The van der Waals surface area contributed by atoms with Crippen molar-refractivity contribution in [1.82, 2.24) is 14.8 Å². The summed E-state index contributed by atoms with van der Waals surface area (Å²) in [4.78, 5) is 30.0. The minimum atomic E-state index is -0.495. The Morgan fingerprint density at radius 2 is 2.05 bits per heavy atom. The number of carbonyl (C=O) groups excluding carboxylic acids is 2. The molecule has 0 aliphatic carbocycles. The minimum absolute atomic E-state index is 0.266. The molecule has 0 fully saturated rings. The monoisotopic (exact) mass is 284 g/mol. The largest absolute Gasteiger partial charge is 0.299 e. The zero-order chi connectivity index (χ0) is 15.0. The Morgan fingerprint density at radius 3 is 2.81 bits per heavy atom. The molecule has 2 aromatic rings. The second-order valence-electron chi connectivity index (χ2n) is 5.09. The highest BCUT2D eigenvalue weighted by Crippen LogP contribution is 2.33. The van der Waals surface area contributed by atoms with Crippen LogP contribution in [0.25, 0.3) is 0 Å². The molecule has 0 bridgehead atoms. The third kappa shape index (κ3) is 2.12. The van der Waals surface area contributed by atoms with Gasteiger partial charge in [0.2, 0.25) is 0 Å². The van der Waals surface area contributed by atoms with E-state index in [-0.39, 0.29) is 6.54 Å². The Labute approximate surface area is 122 Å². The fourth-order valence-electron chi connectivity index (χ4n) is 2.64. The first-order valence-electron chi connectivity index (χ1n) is 6.96. The number of fused-ring (bicyclic) bond motifs is 1. The lowest BCUT2D eigenvalue weighted by atomic mass is 10.1. The van der Waals surface area contributed by atoms with E-state index < -0.39 is 11.7 Å². The molecule has 2 heterocycles. The number of Topliss-reactive ketones (excluding diaryl/α,β-unsaturated/α-hetero) is 1. The smallest absolute Gasteiger partial charge is 0.297 e. The van der Waals surface area contributed by atoms with Crippen molar-refractivity contribution in [3.63, 3.8) is 0 Å². The maximum absolute atomic E-state index is 12.2. The average Bonchev–Trinajstić information content (AvgIpc) is 3.00. The SMILES string of the molecule is CCCn1ncnc1CN1C(=O)C(=O)c2cccc(C)c21. The van der Waals surface area contributed by atoms with Gasteiger partial charge in [0.15, 0.2) is 0 Å². The molecule has 6 nitrogen and oxygen atoms in total. The number of nitrogens with zero attached hydrogens (tertiary/aromatic N) is 4. The van der Waals surface area contributed by atoms with E-state index in [4.69, 9.17) is 0 Å². The molecule has 1 amide bonds. The van der Waals surface area contributed by atoms with Crippen molar-refractivity contribution < 1.29 is 9.59 Å². The molecular weight excluding hydrogens is 268 g/mol. The number of hydrogen-bond acceptors (Lipinski definition) is 4. The fraction of sp³-hybridized carbons (Fsp3) is 0.333. The number of amides is 1. The van der Waals surface area contributed by atoms with Crippen molar-refractivity contribution in [3.05, 3.63) is 41.5 Å². The van der Waals surface area contributed by atoms with E-state index in [1.165, 1.54) is 11.2 Å². The van der Waals surface area contributed by atoms with Crippen LogP contribution in [-0.2, 0) is 17.9 Å². The first kappa shape index (κ1) is 13.5. The standard InChI is InChI=1S/C15H16N4O2/c1-3-7-19-12(16-9-17-19)8-18-13-10(2)5-4-6-11(13)14(20)15(18)21/h4-6,9H,3,7-8H2,1-2H3. The molecule has 108 valence electrons. The zero-order valence-electron chi connectivity index (χ0n) is 12.0. The van der Waals surface area contributed by atoms with Crippen LogP contribution in [0.15, 0.2) is 24.5 Å². The average molecular weight is 284 g/mol. The lowest BCUT2D eigenvalue weighted by molar-refractivity contribution is -0.114. The van der Waals surface area contributed by atoms with Crippen LogP contribution in [0.1, 0.15) is 35.1 Å². The van der Waals surface area contributed by atoms with Gasteiger partial charge >= 0.3 is 0 Å². The van der Waals surface area contributed by atoms with Crippen molar-refractivity contribution >= 4 is 17.4 Å². The molecule has 0 saturated heterocycles. The maximum atomic E-state index is 12.2. The summed E-state index contributed by atoms with van der Waals surface area (Å²) in [5.74, 6) is -0.255. The molecule has 0 unspecified atom stereocenters. The highest BCUT2D eigenvalue weighted by Gasteiger charge is 2.37. The molecule has 0 atom stereocenters. The minimum Gasteiger partial charge on any atom is -0.297 e. The van der Waals surface area contributed by atoms with E-state index in [2.05, 4.69) is 17.0 Å². The van der Waals surface area contributed by atoms with Gasteiger partial charge in [-0.15, -0.1) is 0 Å². The van der Waals surface area contributed by atoms with E-state index in [9.17, 15) is 9.59 Å². The first-order chi connectivity index (χ1) is 10.1. The van der Waals surface area contributed by atoms with Crippen LogP contribution >= 0.6 is 0 Å². The highest BCUT2D eigenvalue weighted by atomic mass is 16.2. The summed E-state index contributed by atoms with van der Waals surface area (Å²) in [6.45, 7) is 4.96. The van der Waals surface area contributed by atoms with E-state index >= 15 is 0 Å². The number of hydrogen-bond donors (Lipinski definition) is 0. The van der Waals surface area contributed by atoms with E-state index in [0.29, 0.717) is 17.1 Å². The molecule has 1 aromatic heterocycles. The Kier molecular flexibility index (Phi) is 3.29. The van der Waals surface area contributed by atoms with Gasteiger partial charge in [-0.05, 0) is 25.0 Å². The van der Waals surface area contributed by atoms with Crippen molar-refractivity contribution in [3.8, 4) is 0 Å². The molecule has 0 N–H and O–H groups in total. The van der Waals surface area contributed by atoms with E-state index in [1.807, 2.05) is 13.0 Å². The molecule has 6 heteroatoms. The second kappa shape index (κ2) is 5.12. The van der Waals surface area contributed by atoms with Gasteiger partial charge in [-0.3, -0.25) is 14.5 Å². The number of para-hydroxylation sites is 1. The third-order valence-electron chi connectivity index (χ3n) is 3.62. The van der Waals surface area contributed by atoms with Gasteiger partial charge in [-0.25, -0.2) is 9.67 Å². The van der Waals surface area contributed by atoms with E-state index in [0.717, 1.165) is 18.5 Å². The highest BCUT2D eigenvalue weighted by molar-refractivity contribution is 6.52. The van der Waals surface area contributed by atoms with Crippen LogP contribution < -0.4 is 4.90 Å². The topological polar surface area (TPSA) is 68.1 Å². The van der Waals surface area contributed by atoms with Crippen LogP contribution in [0.5, 0.6) is 0 Å². The van der Waals surface area contributed by atoms with Crippen molar-refractivity contribution in [2.24, 2.45) is 0 Å². The summed E-state index contributed by atoms with van der Waals surface area (Å²) in [6, 6.07) is 5.39. The maximum Gasteiger partial charge on any atom is 0.299 e. The fourth-order valence-corrected chi connectivity index (χ4v) is 2.64. The van der Waals surface area contributed by atoms with Crippen LogP contribution in [0.2, 0.25) is 0 Å². The van der Waals surface area contributed by atoms with Crippen molar-refractivity contribution in [2.45, 2.75) is 33.4 Å². The van der Waals surface area contributed by atoms with Gasteiger partial charge < -0.3 is 0 Å². The van der Waals surface area contributed by atoms with Gasteiger partial charge in [0.25, 0.3) is 11.7 Å². The number of ketones is 1. The molecule has 0 spiro atoms. The second-order valence-corrected chi connectivity index (χ2v) is 5.09. The summed E-state index contributed by atoms with van der Waals surface area (Å²) >= 11 is 0. The van der Waals surface area contributed by atoms with Gasteiger partial charge in [-0.1, -0.05) is 19.1 Å². The molecule has 0 saturated carbocycles. The van der Waals surface area contributed by atoms with Crippen LogP contribution in [0.4, 0.5) is 5.69 Å². The molecule has 3 rings (SSSR count). The van der Waals surface area contributed by atoms with Gasteiger partial charge in [0.05, 0.1) is 17.8 Å². The number of anilines is 1. The summed E-state index contributed by atoms with van der Waals surface area (Å²) in [7, 11) is 0. The lowest BCUT2D eigenvalue weighted by Gasteiger charge is -2.18. The van der Waals surface area contributed by atoms with Gasteiger partial charge in [0.1, 0.15) is 12.2 Å². The number of rotatable bonds is 4. The van der Waals surface area contributed by atoms with Crippen LogP contribution in [-0.4, -0.2) is 26.5 Å². The Balaban J connectivity index is 1.98. The van der Waals surface area contributed by atoms with Gasteiger partial charge in [-0.2, -0.15) is 5.10 Å². The van der Waals surface area contributed by atoms with Crippen LogP contribution in [0.3, 0.4) is 0 Å². The molecule has 1 aliphatic heterocycles. The third-order valence-corrected chi connectivity index (χ3v) is 3.62. The first-order valence-corrected chi connectivity index (χ1v) is 6.96. The van der Waals surface area contributed by atoms with Crippen molar-refractivity contribution in [2.75, 3.05) is 4.90 Å². The van der Waals surface area contributed by atoms with E-state index in [1.54, 1.807) is 16.8 Å². The summed E-state index contributed by atoms with van der Waals surface area (Å²) in [6.07, 6.45) is 2.41. The molecule has 0 radical (unpaired) electrons. The predicted molar refractivity (Wildman–Crippen MR) is 77.0 cm³/mol. The Morgan fingerprint density at radius 1 is 1.24 bits per heavy atom. The molecule has 1 aliphatic rings. The summed E-state index contributed by atoms with van der Waals surface area (Å²) < 4.78 is 1.77. The van der Waals surface area contributed by atoms with Gasteiger partial charge in [0, 0.05) is 6.54 Å². The normalized spacial score (nSPS) is 13.9. The lowest BCUT2D eigenvalue weighted by Crippen LogP contribution is -2.31. The number of carbonyl (C=O) groups is 2. The molecule has 21 heavy (non-hydrogen) atoms.